The minimum absolute atomic E-state index is 1.30. The van der Waals surface area contributed by atoms with Crippen molar-refractivity contribution in [1.82, 2.24) is 0 Å². The minimum Gasteiger partial charge on any atom is -0.0616 e. The van der Waals surface area contributed by atoms with Gasteiger partial charge in [0, 0.05) is 0 Å². The molecule has 0 spiro atoms. The second-order valence-corrected chi connectivity index (χ2v) is 8.23. The zero-order valence-corrected chi connectivity index (χ0v) is 17.2. The molecule has 0 heterocycles. The zero-order chi connectivity index (χ0) is 20.2. The molecule has 142 valence electrons. The molecule has 0 unspecified atom stereocenters. The summed E-state index contributed by atoms with van der Waals surface area (Å²) in [6, 6.07) is 35.5. The van der Waals surface area contributed by atoms with Crippen LogP contribution in [0.2, 0.25) is 0 Å². The number of hydrogen-bond acceptors (Lipinski definition) is 0. The van der Waals surface area contributed by atoms with Crippen molar-refractivity contribution in [1.29, 1.82) is 0 Å². The molecular formula is C30H22. The molecule has 0 aliphatic heterocycles. The van der Waals surface area contributed by atoms with Crippen molar-refractivity contribution in [3.8, 4) is 11.1 Å². The van der Waals surface area contributed by atoms with E-state index in [1.165, 1.54) is 65.3 Å². The number of fused-ring (bicyclic) bond motifs is 6. The molecule has 0 heteroatoms. The van der Waals surface area contributed by atoms with Crippen molar-refractivity contribution in [2.24, 2.45) is 0 Å². The third-order valence-electron chi connectivity index (χ3n) is 6.55. The molecular weight excluding hydrogens is 360 g/mol. The Kier molecular flexibility index (Phi) is 3.70. The highest BCUT2D eigenvalue weighted by Gasteiger charge is 2.16. The third kappa shape index (κ3) is 2.34. The highest BCUT2D eigenvalue weighted by Crippen LogP contribution is 2.43. The van der Waals surface area contributed by atoms with Gasteiger partial charge in [-0.2, -0.15) is 0 Å². The Morgan fingerprint density at radius 1 is 0.467 bits per heavy atom. The first-order valence-corrected chi connectivity index (χ1v) is 10.6. The van der Waals surface area contributed by atoms with E-state index in [-0.39, 0.29) is 0 Å². The van der Waals surface area contributed by atoms with Crippen LogP contribution in [-0.2, 0) is 0 Å². The van der Waals surface area contributed by atoms with Crippen molar-refractivity contribution < 1.29 is 0 Å². The van der Waals surface area contributed by atoms with Crippen molar-refractivity contribution in [3.05, 3.63) is 108 Å². The first-order chi connectivity index (χ1) is 14.7. The quantitative estimate of drug-likeness (QED) is 0.250. The van der Waals surface area contributed by atoms with E-state index in [2.05, 4.69) is 111 Å². The van der Waals surface area contributed by atoms with E-state index in [0.29, 0.717) is 0 Å². The fraction of sp³-hybridized carbons (Fsp3) is 0.0667. The van der Waals surface area contributed by atoms with Crippen LogP contribution in [0.4, 0.5) is 0 Å². The maximum atomic E-state index is 2.31. The monoisotopic (exact) mass is 382 g/mol. The van der Waals surface area contributed by atoms with Crippen LogP contribution in [0, 0.1) is 13.8 Å². The van der Waals surface area contributed by atoms with Gasteiger partial charge in [-0.15, -0.1) is 0 Å². The van der Waals surface area contributed by atoms with Crippen molar-refractivity contribution in [2.75, 3.05) is 0 Å². The summed E-state index contributed by atoms with van der Waals surface area (Å²) in [4.78, 5) is 0. The topological polar surface area (TPSA) is 0 Å². The standard InChI is InChI=1S/C30H22/c1-19-18-21-10-3-4-12-24(21)30-22(19)16-9-17-28(30)29-20(2)23-11-5-6-13-25(23)26-14-7-8-15-27(26)29/h3-18H,1-2H3. The predicted octanol–water partition coefficient (Wildman–Crippen LogP) is 8.58. The van der Waals surface area contributed by atoms with Crippen LogP contribution >= 0.6 is 0 Å². The summed E-state index contributed by atoms with van der Waals surface area (Å²) in [5.74, 6) is 0. The molecule has 0 saturated carbocycles. The fourth-order valence-corrected chi connectivity index (χ4v) is 5.21. The number of rotatable bonds is 1. The van der Waals surface area contributed by atoms with Crippen LogP contribution < -0.4 is 0 Å². The van der Waals surface area contributed by atoms with Gasteiger partial charge in [-0.05, 0) is 79.2 Å². The van der Waals surface area contributed by atoms with Crippen LogP contribution in [0.5, 0.6) is 0 Å². The van der Waals surface area contributed by atoms with Gasteiger partial charge < -0.3 is 0 Å². The molecule has 0 nitrogen and oxygen atoms in total. The molecule has 0 radical (unpaired) electrons. The fourth-order valence-electron chi connectivity index (χ4n) is 5.21. The second-order valence-electron chi connectivity index (χ2n) is 8.23. The van der Waals surface area contributed by atoms with Crippen LogP contribution in [0.15, 0.2) is 97.1 Å². The van der Waals surface area contributed by atoms with E-state index >= 15 is 0 Å². The zero-order valence-electron chi connectivity index (χ0n) is 17.2. The molecule has 6 aromatic rings. The summed E-state index contributed by atoms with van der Waals surface area (Å²) < 4.78 is 0. The highest BCUT2D eigenvalue weighted by atomic mass is 14.2. The largest absolute Gasteiger partial charge is 0.0616 e. The summed E-state index contributed by atoms with van der Waals surface area (Å²) in [6.07, 6.45) is 0. The van der Waals surface area contributed by atoms with Gasteiger partial charge in [0.2, 0.25) is 0 Å². The van der Waals surface area contributed by atoms with E-state index in [4.69, 9.17) is 0 Å². The predicted molar refractivity (Wildman–Crippen MR) is 131 cm³/mol. The second kappa shape index (κ2) is 6.43. The van der Waals surface area contributed by atoms with Crippen LogP contribution in [0.3, 0.4) is 0 Å². The van der Waals surface area contributed by atoms with Gasteiger partial charge in [0.05, 0.1) is 0 Å². The summed E-state index contributed by atoms with van der Waals surface area (Å²) in [5, 5.41) is 10.6. The van der Waals surface area contributed by atoms with Gasteiger partial charge in [0.25, 0.3) is 0 Å². The molecule has 0 saturated heterocycles. The molecule has 0 bridgehead atoms. The lowest BCUT2D eigenvalue weighted by molar-refractivity contribution is 1.53. The number of benzene rings is 6. The van der Waals surface area contributed by atoms with Crippen molar-refractivity contribution >= 4 is 43.1 Å². The molecule has 6 aromatic carbocycles. The van der Waals surface area contributed by atoms with E-state index in [9.17, 15) is 0 Å². The van der Waals surface area contributed by atoms with Gasteiger partial charge in [0.15, 0.2) is 0 Å². The lowest BCUT2D eigenvalue weighted by Gasteiger charge is -2.18. The van der Waals surface area contributed by atoms with E-state index in [1.54, 1.807) is 0 Å². The average Bonchev–Trinajstić information content (AvgIpc) is 2.79. The minimum atomic E-state index is 1.30. The molecule has 0 aliphatic carbocycles. The maximum Gasteiger partial charge on any atom is -0.00238 e. The number of hydrogen-bond donors (Lipinski definition) is 0. The molecule has 0 amide bonds. The normalized spacial score (nSPS) is 11.7. The van der Waals surface area contributed by atoms with Gasteiger partial charge in [-0.25, -0.2) is 0 Å². The molecule has 0 atom stereocenters. The molecule has 0 aliphatic rings. The van der Waals surface area contributed by atoms with Crippen LogP contribution in [0.25, 0.3) is 54.2 Å². The summed E-state index contributed by atoms with van der Waals surface area (Å²) in [5.41, 5.74) is 5.35. The van der Waals surface area contributed by atoms with E-state index in [0.717, 1.165) is 0 Å². The van der Waals surface area contributed by atoms with Crippen LogP contribution in [0.1, 0.15) is 11.1 Å². The summed E-state index contributed by atoms with van der Waals surface area (Å²) >= 11 is 0. The summed E-state index contributed by atoms with van der Waals surface area (Å²) in [7, 11) is 0. The van der Waals surface area contributed by atoms with Crippen molar-refractivity contribution in [2.45, 2.75) is 13.8 Å². The average molecular weight is 383 g/mol. The van der Waals surface area contributed by atoms with Gasteiger partial charge in [-0.3, -0.25) is 0 Å². The Bertz CT molecular complexity index is 1600. The third-order valence-corrected chi connectivity index (χ3v) is 6.55. The van der Waals surface area contributed by atoms with Gasteiger partial charge in [-0.1, -0.05) is 97.1 Å². The number of aryl methyl sites for hydroxylation is 2. The first-order valence-electron chi connectivity index (χ1n) is 10.6. The Hall–Kier alpha value is -3.64. The van der Waals surface area contributed by atoms with Gasteiger partial charge in [0.1, 0.15) is 0 Å². The Balaban J connectivity index is 1.89. The SMILES string of the molecule is Cc1c(-c2cccc3c(C)cc4ccccc4c23)c2ccccc2c2ccccc12. The summed E-state index contributed by atoms with van der Waals surface area (Å²) in [6.45, 7) is 4.50. The molecule has 0 N–H and O–H groups in total. The Labute approximate surface area is 176 Å². The molecule has 6 rings (SSSR count). The Morgan fingerprint density at radius 2 is 1.03 bits per heavy atom. The molecule has 0 fully saturated rings. The molecule has 30 heavy (non-hydrogen) atoms. The van der Waals surface area contributed by atoms with Gasteiger partial charge >= 0.3 is 0 Å². The first kappa shape index (κ1) is 17.2. The van der Waals surface area contributed by atoms with Crippen LogP contribution in [-0.4, -0.2) is 0 Å². The maximum absolute atomic E-state index is 2.31. The highest BCUT2D eigenvalue weighted by molar-refractivity contribution is 6.22. The molecule has 0 aromatic heterocycles. The van der Waals surface area contributed by atoms with Crippen molar-refractivity contribution in [3.63, 3.8) is 0 Å². The van der Waals surface area contributed by atoms with E-state index in [1.807, 2.05) is 0 Å². The lowest BCUT2D eigenvalue weighted by Crippen LogP contribution is -1.92. The lowest BCUT2D eigenvalue weighted by atomic mass is 9.85. The van der Waals surface area contributed by atoms with E-state index < -0.39 is 0 Å². The smallest absolute Gasteiger partial charge is 0.00238 e. The Morgan fingerprint density at radius 3 is 1.80 bits per heavy atom.